The van der Waals surface area contributed by atoms with E-state index in [1.165, 1.54) is 6.42 Å². The second kappa shape index (κ2) is 6.34. The zero-order valence-electron chi connectivity index (χ0n) is 13.3. The molecule has 0 N–H and O–H groups in total. The van der Waals surface area contributed by atoms with Crippen molar-refractivity contribution >= 4 is 5.91 Å². The zero-order valence-corrected chi connectivity index (χ0v) is 13.3. The lowest BCUT2D eigenvalue weighted by molar-refractivity contribution is -0.137. The largest absolute Gasteiger partial charge is 0.338 e. The Morgan fingerprint density at radius 3 is 2.73 bits per heavy atom. The molecule has 1 saturated heterocycles. The Labute approximate surface area is 131 Å². The molecule has 0 aliphatic carbocycles. The Hall–Kier alpha value is -2.10. The number of likely N-dealkylation sites (tertiary alicyclic amines) is 1. The molecule has 0 saturated carbocycles. The lowest BCUT2D eigenvalue weighted by Crippen LogP contribution is -2.45. The molecular weight excluding hydrogens is 274 g/mol. The van der Waals surface area contributed by atoms with Gasteiger partial charge in [-0.2, -0.15) is 5.10 Å². The van der Waals surface area contributed by atoms with Gasteiger partial charge in [-0.3, -0.25) is 9.48 Å². The molecule has 0 radical (unpaired) electrons. The molecule has 3 rings (SSSR count). The average Bonchev–Trinajstić information content (AvgIpc) is 3.05. The second-order valence-corrected chi connectivity index (χ2v) is 6.13. The van der Waals surface area contributed by atoms with E-state index in [1.807, 2.05) is 42.4 Å². The van der Waals surface area contributed by atoms with Crippen LogP contribution in [0.5, 0.6) is 0 Å². The van der Waals surface area contributed by atoms with Crippen LogP contribution in [0.25, 0.3) is 11.1 Å². The number of piperidine rings is 1. The number of carbonyl (C=O) groups excluding carboxylic acids is 1. The van der Waals surface area contributed by atoms with Crippen molar-refractivity contribution in [2.45, 2.75) is 45.2 Å². The molecule has 1 aromatic heterocycles. The number of carbonyl (C=O) groups is 1. The van der Waals surface area contributed by atoms with Crippen LogP contribution in [0.1, 0.15) is 39.2 Å². The molecular formula is C18H23N3O. The van der Waals surface area contributed by atoms with Gasteiger partial charge in [0.05, 0.1) is 6.20 Å². The van der Waals surface area contributed by atoms with E-state index in [0.29, 0.717) is 6.04 Å². The summed E-state index contributed by atoms with van der Waals surface area (Å²) in [6, 6.07) is 10.2. The molecule has 4 nitrogen and oxygen atoms in total. The van der Waals surface area contributed by atoms with E-state index in [9.17, 15) is 4.79 Å². The highest BCUT2D eigenvalue weighted by atomic mass is 16.2. The normalized spacial score (nSPS) is 19.9. The van der Waals surface area contributed by atoms with E-state index in [2.05, 4.69) is 24.2 Å². The second-order valence-electron chi connectivity index (χ2n) is 6.13. The summed E-state index contributed by atoms with van der Waals surface area (Å²) >= 11 is 0. The molecule has 1 aromatic carbocycles. The van der Waals surface area contributed by atoms with Crippen molar-refractivity contribution in [2.75, 3.05) is 6.54 Å². The lowest BCUT2D eigenvalue weighted by Gasteiger charge is -2.35. The molecule has 1 amide bonds. The van der Waals surface area contributed by atoms with E-state index < -0.39 is 0 Å². The van der Waals surface area contributed by atoms with Gasteiger partial charge < -0.3 is 4.90 Å². The quantitative estimate of drug-likeness (QED) is 0.869. The summed E-state index contributed by atoms with van der Waals surface area (Å²) in [7, 11) is 0. The maximum atomic E-state index is 12.7. The fraction of sp³-hybridized carbons (Fsp3) is 0.444. The number of benzene rings is 1. The number of amides is 1. The molecule has 2 aromatic rings. The van der Waals surface area contributed by atoms with Crippen molar-refractivity contribution in [3.63, 3.8) is 0 Å². The number of rotatable bonds is 3. The standard InChI is InChI=1S/C18H23N3O/c1-14-8-6-7-11-20(14)18(22)15(2)21-13-17(12-19-21)16-9-4-3-5-10-16/h3-5,9-10,12-15H,6-8,11H2,1-2H3/t14-,15+/m0/s1. The third-order valence-corrected chi connectivity index (χ3v) is 4.55. The van der Waals surface area contributed by atoms with Crippen LogP contribution in [0.3, 0.4) is 0 Å². The number of hydrogen-bond acceptors (Lipinski definition) is 2. The fourth-order valence-electron chi connectivity index (χ4n) is 3.11. The monoisotopic (exact) mass is 297 g/mol. The average molecular weight is 297 g/mol. The molecule has 1 aliphatic heterocycles. The van der Waals surface area contributed by atoms with Crippen LogP contribution in [0.2, 0.25) is 0 Å². The highest BCUT2D eigenvalue weighted by molar-refractivity contribution is 5.80. The van der Waals surface area contributed by atoms with Gasteiger partial charge in [0.15, 0.2) is 0 Å². The molecule has 1 aliphatic rings. The molecule has 0 unspecified atom stereocenters. The van der Waals surface area contributed by atoms with Gasteiger partial charge in [-0.15, -0.1) is 0 Å². The van der Waals surface area contributed by atoms with Crippen molar-refractivity contribution in [1.82, 2.24) is 14.7 Å². The first kappa shape index (κ1) is 14.8. The Morgan fingerprint density at radius 2 is 2.00 bits per heavy atom. The van der Waals surface area contributed by atoms with E-state index >= 15 is 0 Å². The van der Waals surface area contributed by atoms with Gasteiger partial charge in [-0.1, -0.05) is 30.3 Å². The SMILES string of the molecule is C[C@H](C(=O)N1CCCC[C@@H]1C)n1cc(-c2ccccc2)cn1. The van der Waals surface area contributed by atoms with E-state index in [0.717, 1.165) is 30.5 Å². The van der Waals surface area contributed by atoms with Crippen LogP contribution in [0.4, 0.5) is 0 Å². The van der Waals surface area contributed by atoms with Crippen molar-refractivity contribution in [3.05, 3.63) is 42.7 Å². The summed E-state index contributed by atoms with van der Waals surface area (Å²) in [5.74, 6) is 0.176. The van der Waals surface area contributed by atoms with Crippen molar-refractivity contribution in [1.29, 1.82) is 0 Å². The Balaban J connectivity index is 1.76. The third-order valence-electron chi connectivity index (χ3n) is 4.55. The molecule has 2 atom stereocenters. The minimum absolute atomic E-state index is 0.176. The van der Waals surface area contributed by atoms with Crippen molar-refractivity contribution in [2.24, 2.45) is 0 Å². The summed E-state index contributed by atoms with van der Waals surface area (Å²) in [6.07, 6.45) is 7.23. The zero-order chi connectivity index (χ0) is 15.5. The summed E-state index contributed by atoms with van der Waals surface area (Å²) in [6.45, 7) is 4.95. The first-order chi connectivity index (χ1) is 10.7. The van der Waals surface area contributed by atoms with Crippen LogP contribution < -0.4 is 0 Å². The van der Waals surface area contributed by atoms with Crippen molar-refractivity contribution < 1.29 is 4.79 Å². The minimum atomic E-state index is -0.252. The summed E-state index contributed by atoms with van der Waals surface area (Å²) < 4.78 is 1.78. The van der Waals surface area contributed by atoms with Crippen LogP contribution >= 0.6 is 0 Å². The van der Waals surface area contributed by atoms with E-state index in [-0.39, 0.29) is 11.9 Å². The Kier molecular flexibility index (Phi) is 4.27. The van der Waals surface area contributed by atoms with E-state index in [4.69, 9.17) is 0 Å². The fourth-order valence-corrected chi connectivity index (χ4v) is 3.11. The summed E-state index contributed by atoms with van der Waals surface area (Å²) in [5.41, 5.74) is 2.17. The van der Waals surface area contributed by atoms with Crippen LogP contribution in [-0.4, -0.2) is 33.2 Å². The smallest absolute Gasteiger partial charge is 0.247 e. The van der Waals surface area contributed by atoms with Crippen molar-refractivity contribution in [3.8, 4) is 11.1 Å². The maximum Gasteiger partial charge on any atom is 0.247 e. The molecule has 2 heterocycles. The number of nitrogens with zero attached hydrogens (tertiary/aromatic N) is 3. The number of aromatic nitrogens is 2. The minimum Gasteiger partial charge on any atom is -0.338 e. The van der Waals surface area contributed by atoms with Gasteiger partial charge in [-0.25, -0.2) is 0 Å². The van der Waals surface area contributed by atoms with Crippen LogP contribution in [-0.2, 0) is 4.79 Å². The van der Waals surface area contributed by atoms with Gasteiger partial charge in [0.1, 0.15) is 6.04 Å². The first-order valence-electron chi connectivity index (χ1n) is 8.07. The third kappa shape index (κ3) is 2.91. The molecule has 0 spiro atoms. The topological polar surface area (TPSA) is 38.1 Å². The van der Waals surface area contributed by atoms with E-state index in [1.54, 1.807) is 4.68 Å². The molecule has 0 bridgehead atoms. The maximum absolute atomic E-state index is 12.7. The van der Waals surface area contributed by atoms with Gasteiger partial charge in [0.25, 0.3) is 0 Å². The van der Waals surface area contributed by atoms with Gasteiger partial charge in [0, 0.05) is 24.3 Å². The van der Waals surface area contributed by atoms with Gasteiger partial charge >= 0.3 is 0 Å². The van der Waals surface area contributed by atoms with Crippen LogP contribution in [0, 0.1) is 0 Å². The first-order valence-corrected chi connectivity index (χ1v) is 8.07. The predicted molar refractivity (Wildman–Crippen MR) is 87.4 cm³/mol. The molecule has 22 heavy (non-hydrogen) atoms. The highest BCUT2D eigenvalue weighted by Crippen LogP contribution is 2.23. The molecule has 1 fully saturated rings. The highest BCUT2D eigenvalue weighted by Gasteiger charge is 2.28. The van der Waals surface area contributed by atoms with Gasteiger partial charge in [-0.05, 0) is 38.7 Å². The Morgan fingerprint density at radius 1 is 1.23 bits per heavy atom. The lowest BCUT2D eigenvalue weighted by atomic mass is 10.0. The molecule has 116 valence electrons. The Bertz CT molecular complexity index is 635. The molecule has 4 heteroatoms. The summed E-state index contributed by atoms with van der Waals surface area (Å²) in [4.78, 5) is 14.7. The number of hydrogen-bond donors (Lipinski definition) is 0. The van der Waals surface area contributed by atoms with Crippen LogP contribution in [0.15, 0.2) is 42.7 Å². The summed E-state index contributed by atoms with van der Waals surface area (Å²) in [5, 5.41) is 4.40. The predicted octanol–water partition coefficient (Wildman–Crippen LogP) is 3.51. The van der Waals surface area contributed by atoms with Gasteiger partial charge in [0.2, 0.25) is 5.91 Å².